The zero-order valence-electron chi connectivity index (χ0n) is 11.1. The topological polar surface area (TPSA) is 97.2 Å². The van der Waals surface area contributed by atoms with Crippen LogP contribution >= 0.6 is 0 Å². The van der Waals surface area contributed by atoms with Gasteiger partial charge in [0, 0.05) is 19.2 Å². The van der Waals surface area contributed by atoms with Crippen LogP contribution < -0.4 is 10.6 Å². The van der Waals surface area contributed by atoms with E-state index in [1.165, 1.54) is 6.07 Å². The highest BCUT2D eigenvalue weighted by molar-refractivity contribution is 5.95. The number of amides is 1. The number of nitro groups is 1. The van der Waals surface area contributed by atoms with Gasteiger partial charge >= 0.3 is 0 Å². The Balaban J connectivity index is 2.61. The van der Waals surface area contributed by atoms with Gasteiger partial charge in [-0.25, -0.2) is 0 Å². The van der Waals surface area contributed by atoms with Gasteiger partial charge in [-0.2, -0.15) is 0 Å². The minimum absolute atomic E-state index is 0.181. The molecule has 0 aliphatic heterocycles. The standard InChI is InChI=1S/C12H18N4O3/c1-3-4-13-5-6-14-12(17)11-7-10(16(18)19)8-15-9(11)2/h7-8,13H,3-6H2,1-2H3,(H,14,17). The lowest BCUT2D eigenvalue weighted by Gasteiger charge is -2.07. The molecule has 0 radical (unpaired) electrons. The third-order valence-electron chi connectivity index (χ3n) is 2.54. The molecule has 0 fully saturated rings. The zero-order valence-corrected chi connectivity index (χ0v) is 11.1. The number of carbonyl (C=O) groups excluding carboxylic acids is 1. The molecule has 0 bridgehead atoms. The Bertz CT molecular complexity index is 462. The highest BCUT2D eigenvalue weighted by Gasteiger charge is 2.15. The van der Waals surface area contributed by atoms with E-state index in [0.29, 0.717) is 18.8 Å². The second-order valence-electron chi connectivity index (χ2n) is 4.09. The van der Waals surface area contributed by atoms with Gasteiger partial charge in [-0.15, -0.1) is 0 Å². The van der Waals surface area contributed by atoms with Gasteiger partial charge in [0.25, 0.3) is 11.6 Å². The van der Waals surface area contributed by atoms with E-state index in [0.717, 1.165) is 19.2 Å². The summed E-state index contributed by atoms with van der Waals surface area (Å²) in [5.41, 5.74) is 0.536. The highest BCUT2D eigenvalue weighted by Crippen LogP contribution is 2.14. The van der Waals surface area contributed by atoms with Gasteiger partial charge in [-0.05, 0) is 19.9 Å². The number of aryl methyl sites for hydroxylation is 1. The molecule has 1 amide bonds. The van der Waals surface area contributed by atoms with E-state index in [1.807, 2.05) is 0 Å². The Morgan fingerprint density at radius 3 is 2.79 bits per heavy atom. The van der Waals surface area contributed by atoms with Gasteiger partial charge < -0.3 is 10.6 Å². The molecule has 1 heterocycles. The second kappa shape index (κ2) is 7.42. The van der Waals surface area contributed by atoms with Crippen LogP contribution in [0.25, 0.3) is 0 Å². The molecular formula is C12H18N4O3. The largest absolute Gasteiger partial charge is 0.351 e. The van der Waals surface area contributed by atoms with Gasteiger partial charge in [0.2, 0.25) is 0 Å². The van der Waals surface area contributed by atoms with E-state index in [4.69, 9.17) is 0 Å². The maximum Gasteiger partial charge on any atom is 0.288 e. The quantitative estimate of drug-likeness (QED) is 0.436. The summed E-state index contributed by atoms with van der Waals surface area (Å²) in [6.07, 6.45) is 2.18. The summed E-state index contributed by atoms with van der Waals surface area (Å²) in [5.74, 6) is -0.341. The monoisotopic (exact) mass is 266 g/mol. The van der Waals surface area contributed by atoms with E-state index in [2.05, 4.69) is 22.5 Å². The number of nitrogens with one attached hydrogen (secondary N) is 2. The van der Waals surface area contributed by atoms with Crippen molar-refractivity contribution in [2.75, 3.05) is 19.6 Å². The minimum Gasteiger partial charge on any atom is -0.351 e. The normalized spacial score (nSPS) is 10.2. The second-order valence-corrected chi connectivity index (χ2v) is 4.09. The van der Waals surface area contributed by atoms with E-state index in [1.54, 1.807) is 6.92 Å². The Labute approximate surface area is 111 Å². The maximum atomic E-state index is 11.9. The average molecular weight is 266 g/mol. The van der Waals surface area contributed by atoms with Crippen molar-refractivity contribution in [1.29, 1.82) is 0 Å². The molecular weight excluding hydrogens is 248 g/mol. The average Bonchev–Trinajstić information content (AvgIpc) is 2.38. The van der Waals surface area contributed by atoms with Crippen LogP contribution in [-0.4, -0.2) is 35.4 Å². The number of hydrogen-bond acceptors (Lipinski definition) is 5. The first-order valence-corrected chi connectivity index (χ1v) is 6.16. The lowest BCUT2D eigenvalue weighted by atomic mass is 10.2. The van der Waals surface area contributed by atoms with Crippen molar-refractivity contribution >= 4 is 11.6 Å². The van der Waals surface area contributed by atoms with Crippen molar-refractivity contribution in [2.24, 2.45) is 0 Å². The van der Waals surface area contributed by atoms with Gasteiger partial charge in [-0.1, -0.05) is 6.92 Å². The predicted molar refractivity (Wildman–Crippen MR) is 71.1 cm³/mol. The number of aromatic nitrogens is 1. The Morgan fingerprint density at radius 1 is 1.42 bits per heavy atom. The smallest absolute Gasteiger partial charge is 0.288 e. The van der Waals surface area contributed by atoms with E-state index >= 15 is 0 Å². The third kappa shape index (κ3) is 4.63. The molecule has 0 unspecified atom stereocenters. The summed E-state index contributed by atoms with van der Waals surface area (Å²) in [4.78, 5) is 25.8. The van der Waals surface area contributed by atoms with Crippen molar-refractivity contribution in [3.05, 3.63) is 33.6 Å². The van der Waals surface area contributed by atoms with Crippen LogP contribution in [0.15, 0.2) is 12.3 Å². The van der Waals surface area contributed by atoms with Crippen LogP contribution in [0.1, 0.15) is 29.4 Å². The number of pyridine rings is 1. The van der Waals surface area contributed by atoms with E-state index in [9.17, 15) is 14.9 Å². The van der Waals surface area contributed by atoms with E-state index in [-0.39, 0.29) is 17.2 Å². The minimum atomic E-state index is -0.563. The fourth-order valence-electron chi connectivity index (χ4n) is 1.51. The van der Waals surface area contributed by atoms with Crippen LogP contribution in [0.2, 0.25) is 0 Å². The number of rotatable bonds is 7. The van der Waals surface area contributed by atoms with Crippen molar-refractivity contribution < 1.29 is 9.72 Å². The first kappa shape index (κ1) is 15.0. The fraction of sp³-hybridized carbons (Fsp3) is 0.500. The van der Waals surface area contributed by atoms with Gasteiger partial charge in [0.1, 0.15) is 6.20 Å². The fourth-order valence-corrected chi connectivity index (χ4v) is 1.51. The van der Waals surface area contributed by atoms with Crippen LogP contribution in [0.3, 0.4) is 0 Å². The highest BCUT2D eigenvalue weighted by atomic mass is 16.6. The number of carbonyl (C=O) groups is 1. The molecule has 7 heteroatoms. The van der Waals surface area contributed by atoms with Crippen LogP contribution in [0.4, 0.5) is 5.69 Å². The van der Waals surface area contributed by atoms with Crippen molar-refractivity contribution in [2.45, 2.75) is 20.3 Å². The van der Waals surface area contributed by atoms with Gasteiger partial charge in [-0.3, -0.25) is 19.9 Å². The first-order chi connectivity index (χ1) is 9.06. The number of nitrogens with zero attached hydrogens (tertiary/aromatic N) is 2. The summed E-state index contributed by atoms with van der Waals surface area (Å²) >= 11 is 0. The molecule has 0 aromatic carbocycles. The molecule has 0 spiro atoms. The molecule has 2 N–H and O–H groups in total. The Morgan fingerprint density at radius 2 is 2.16 bits per heavy atom. The molecule has 0 saturated carbocycles. The molecule has 7 nitrogen and oxygen atoms in total. The predicted octanol–water partition coefficient (Wildman–Crippen LogP) is 1.03. The summed E-state index contributed by atoms with van der Waals surface area (Å²) in [5, 5.41) is 16.5. The van der Waals surface area contributed by atoms with Crippen LogP contribution in [0, 0.1) is 17.0 Å². The van der Waals surface area contributed by atoms with Crippen LogP contribution in [0.5, 0.6) is 0 Å². The molecule has 0 aliphatic rings. The SMILES string of the molecule is CCCNCCNC(=O)c1cc([N+](=O)[O-])cnc1C. The third-order valence-corrected chi connectivity index (χ3v) is 2.54. The summed E-state index contributed by atoms with van der Waals surface area (Å²) in [6, 6.07) is 1.25. The summed E-state index contributed by atoms with van der Waals surface area (Å²) in [7, 11) is 0. The molecule has 1 aromatic heterocycles. The summed E-state index contributed by atoms with van der Waals surface area (Å²) < 4.78 is 0. The van der Waals surface area contributed by atoms with Crippen molar-refractivity contribution in [3.8, 4) is 0 Å². The molecule has 0 saturated heterocycles. The lowest BCUT2D eigenvalue weighted by molar-refractivity contribution is -0.385. The van der Waals surface area contributed by atoms with Gasteiger partial charge in [0.15, 0.2) is 0 Å². The lowest BCUT2D eigenvalue weighted by Crippen LogP contribution is -2.32. The molecule has 104 valence electrons. The molecule has 0 atom stereocenters. The van der Waals surface area contributed by atoms with Crippen molar-refractivity contribution in [1.82, 2.24) is 15.6 Å². The van der Waals surface area contributed by atoms with Gasteiger partial charge in [0.05, 0.1) is 16.2 Å². The van der Waals surface area contributed by atoms with E-state index < -0.39 is 4.92 Å². The summed E-state index contributed by atoms with van der Waals surface area (Å²) in [6.45, 7) is 5.74. The maximum absolute atomic E-state index is 11.9. The number of hydrogen-bond donors (Lipinski definition) is 2. The molecule has 19 heavy (non-hydrogen) atoms. The van der Waals surface area contributed by atoms with Crippen LogP contribution in [-0.2, 0) is 0 Å². The molecule has 0 aliphatic carbocycles. The molecule has 1 rings (SSSR count). The molecule has 1 aromatic rings. The zero-order chi connectivity index (χ0) is 14.3. The Hall–Kier alpha value is -2.02. The first-order valence-electron chi connectivity index (χ1n) is 6.16. The van der Waals surface area contributed by atoms with Crippen molar-refractivity contribution in [3.63, 3.8) is 0 Å². The Kier molecular flexibility index (Phi) is 5.87.